The maximum Gasteiger partial charge on any atom is 0.205 e. The molecule has 1 fully saturated rings. The Morgan fingerprint density at radius 2 is 2.04 bits per heavy atom. The lowest BCUT2D eigenvalue weighted by Gasteiger charge is -2.36. The van der Waals surface area contributed by atoms with E-state index in [1.807, 2.05) is 40.0 Å². The maximum absolute atomic E-state index is 10.5. The molecule has 1 aliphatic rings. The topological polar surface area (TPSA) is 59.6 Å². The maximum atomic E-state index is 10.5. The minimum absolute atomic E-state index is 0.190. The Hall–Kier alpha value is -1.12. The largest absolute Gasteiger partial charge is 0.313 e. The molecular weight excluding hydrogens is 345 g/mol. The van der Waals surface area contributed by atoms with Gasteiger partial charge in [0.1, 0.15) is 0 Å². The zero-order valence-corrected chi connectivity index (χ0v) is 16.0. The van der Waals surface area contributed by atoms with Gasteiger partial charge in [0.25, 0.3) is 0 Å². The monoisotopic (exact) mass is 367 g/mol. The fourth-order valence-corrected chi connectivity index (χ4v) is 4.09. The summed E-state index contributed by atoms with van der Waals surface area (Å²) in [4.78, 5) is 4.02. The fourth-order valence-electron chi connectivity index (χ4n) is 3.61. The first kappa shape index (κ1) is 19.2. The van der Waals surface area contributed by atoms with E-state index >= 15 is 0 Å². The summed E-state index contributed by atoms with van der Waals surface area (Å²) >= 11 is 12.2. The van der Waals surface area contributed by atoms with Crippen molar-refractivity contribution in [1.29, 1.82) is 5.26 Å². The average Bonchev–Trinajstić information content (AvgIpc) is 2.62. The summed E-state index contributed by atoms with van der Waals surface area (Å²) in [5, 5.41) is 22.1. The molecule has 0 amide bonds. The lowest BCUT2D eigenvalue weighted by Crippen LogP contribution is -2.47. The van der Waals surface area contributed by atoms with Gasteiger partial charge in [0.15, 0.2) is 0 Å². The van der Waals surface area contributed by atoms with Crippen LogP contribution in [0.2, 0.25) is 10.0 Å². The second-order valence-corrected chi connectivity index (χ2v) is 8.42. The number of aliphatic imine (C=N–C) groups is 1. The Balaban J connectivity index is 2.21. The molecule has 0 aliphatic carbocycles. The first-order valence-corrected chi connectivity index (χ1v) is 8.71. The molecule has 130 valence electrons. The van der Waals surface area contributed by atoms with Crippen molar-refractivity contribution >= 4 is 28.9 Å². The van der Waals surface area contributed by atoms with Gasteiger partial charge in [-0.3, -0.25) is 0 Å². The van der Waals surface area contributed by atoms with Crippen molar-refractivity contribution in [1.82, 2.24) is 5.06 Å². The van der Waals surface area contributed by atoms with Gasteiger partial charge in [0, 0.05) is 33.3 Å². The van der Waals surface area contributed by atoms with E-state index in [9.17, 15) is 5.21 Å². The average molecular weight is 368 g/mol. The van der Waals surface area contributed by atoms with Crippen LogP contribution in [0, 0.1) is 17.4 Å². The van der Waals surface area contributed by atoms with Gasteiger partial charge in [-0.15, -0.1) is 0 Å². The summed E-state index contributed by atoms with van der Waals surface area (Å²) in [7, 11) is 0. The van der Waals surface area contributed by atoms with Crippen LogP contribution in [0.4, 0.5) is 0 Å². The molecule has 1 aromatic rings. The van der Waals surface area contributed by atoms with Gasteiger partial charge in [-0.2, -0.15) is 15.3 Å². The Bertz CT molecular complexity index is 692. The number of hydroxylamine groups is 2. The molecule has 1 saturated heterocycles. The number of nitrogens with zero attached hydrogens (tertiary/aromatic N) is 3. The predicted molar refractivity (Wildman–Crippen MR) is 97.7 cm³/mol. The molecule has 1 atom stereocenters. The van der Waals surface area contributed by atoms with Crippen LogP contribution in [-0.4, -0.2) is 27.1 Å². The molecule has 0 spiro atoms. The number of halogens is 2. The van der Waals surface area contributed by atoms with Crippen molar-refractivity contribution in [2.24, 2.45) is 10.9 Å². The molecule has 0 aromatic heterocycles. The van der Waals surface area contributed by atoms with Crippen LogP contribution in [0.1, 0.15) is 46.1 Å². The smallest absolute Gasteiger partial charge is 0.205 e. The zero-order valence-electron chi connectivity index (χ0n) is 14.5. The van der Waals surface area contributed by atoms with Gasteiger partial charge in [0.05, 0.1) is 0 Å². The van der Waals surface area contributed by atoms with Crippen molar-refractivity contribution in [3.8, 4) is 6.19 Å². The summed E-state index contributed by atoms with van der Waals surface area (Å²) in [6, 6.07) is 5.34. The molecule has 1 aromatic carbocycles. The van der Waals surface area contributed by atoms with Gasteiger partial charge in [-0.25, -0.2) is 0 Å². The van der Waals surface area contributed by atoms with Crippen molar-refractivity contribution in [2.45, 2.75) is 58.0 Å². The Morgan fingerprint density at radius 1 is 1.38 bits per heavy atom. The lowest BCUT2D eigenvalue weighted by molar-refractivity contribution is -0.196. The number of hydrogen-bond acceptors (Lipinski definition) is 4. The van der Waals surface area contributed by atoms with Crippen molar-refractivity contribution < 1.29 is 5.21 Å². The van der Waals surface area contributed by atoms with Gasteiger partial charge in [-0.05, 0) is 64.2 Å². The molecule has 2 rings (SSSR count). The fraction of sp³-hybridized carbons (Fsp3) is 0.556. The molecule has 0 saturated carbocycles. The van der Waals surface area contributed by atoms with Gasteiger partial charge in [-0.1, -0.05) is 29.3 Å². The summed E-state index contributed by atoms with van der Waals surface area (Å²) < 4.78 is 0. The molecule has 0 radical (unpaired) electrons. The van der Waals surface area contributed by atoms with E-state index in [2.05, 4.69) is 4.99 Å². The SMILES string of the molecule is CC1(C)CC(CC(Cc2ccc(Cl)cc2Cl)=NC#N)C(C)(C)N1O. The summed E-state index contributed by atoms with van der Waals surface area (Å²) in [5.74, 6) is 0.190. The third-order valence-electron chi connectivity index (χ3n) is 4.96. The molecule has 0 bridgehead atoms. The third kappa shape index (κ3) is 3.92. The van der Waals surface area contributed by atoms with E-state index in [4.69, 9.17) is 28.5 Å². The van der Waals surface area contributed by atoms with Crippen LogP contribution >= 0.6 is 23.2 Å². The highest BCUT2D eigenvalue weighted by molar-refractivity contribution is 6.35. The molecule has 1 heterocycles. The first-order chi connectivity index (χ1) is 11.1. The molecule has 24 heavy (non-hydrogen) atoms. The van der Waals surface area contributed by atoms with Crippen LogP contribution in [0.5, 0.6) is 0 Å². The first-order valence-electron chi connectivity index (χ1n) is 7.95. The number of hydrogen-bond donors (Lipinski definition) is 1. The molecule has 1 unspecified atom stereocenters. The number of nitriles is 1. The molecular formula is C18H23Cl2N3O. The van der Waals surface area contributed by atoms with Crippen molar-refractivity contribution in [3.63, 3.8) is 0 Å². The van der Waals surface area contributed by atoms with Gasteiger partial charge in [0.2, 0.25) is 6.19 Å². The molecule has 1 aliphatic heterocycles. The highest BCUT2D eigenvalue weighted by atomic mass is 35.5. The zero-order chi connectivity index (χ0) is 18.1. The Morgan fingerprint density at radius 3 is 2.54 bits per heavy atom. The van der Waals surface area contributed by atoms with Crippen LogP contribution < -0.4 is 0 Å². The van der Waals surface area contributed by atoms with Crippen LogP contribution in [0.3, 0.4) is 0 Å². The lowest BCUT2D eigenvalue weighted by atomic mass is 9.82. The third-order valence-corrected chi connectivity index (χ3v) is 5.55. The quantitative estimate of drug-likeness (QED) is 0.593. The molecule has 4 nitrogen and oxygen atoms in total. The minimum Gasteiger partial charge on any atom is -0.313 e. The van der Waals surface area contributed by atoms with Gasteiger partial charge >= 0.3 is 0 Å². The molecule has 1 N–H and O–H groups in total. The van der Waals surface area contributed by atoms with E-state index in [0.29, 0.717) is 22.9 Å². The number of rotatable bonds is 4. The van der Waals surface area contributed by atoms with Crippen molar-refractivity contribution in [2.75, 3.05) is 0 Å². The highest BCUT2D eigenvalue weighted by Gasteiger charge is 2.51. The Kier molecular flexibility index (Phi) is 5.61. The second-order valence-electron chi connectivity index (χ2n) is 7.57. The van der Waals surface area contributed by atoms with E-state index in [-0.39, 0.29) is 17.0 Å². The molecule has 6 heteroatoms. The predicted octanol–water partition coefficient (Wildman–Crippen LogP) is 5.12. The van der Waals surface area contributed by atoms with Crippen LogP contribution in [-0.2, 0) is 6.42 Å². The minimum atomic E-state index is -0.385. The number of benzene rings is 1. The normalized spacial score (nSPS) is 23.2. The Labute approximate surface area is 153 Å². The van der Waals surface area contributed by atoms with E-state index in [0.717, 1.165) is 17.7 Å². The van der Waals surface area contributed by atoms with E-state index in [1.54, 1.807) is 12.1 Å². The van der Waals surface area contributed by atoms with Crippen LogP contribution in [0.25, 0.3) is 0 Å². The summed E-state index contributed by atoms with van der Waals surface area (Å²) in [6.07, 6.45) is 3.86. The summed E-state index contributed by atoms with van der Waals surface area (Å²) in [5.41, 5.74) is 0.977. The van der Waals surface area contributed by atoms with Gasteiger partial charge < -0.3 is 5.21 Å². The standard InChI is InChI=1S/C18H23Cl2N3O/c1-17(2)10-13(18(3,4)23(17)24)8-15(22-11-21)7-12-5-6-14(19)9-16(12)20/h5-6,9,13,24H,7-8,10H2,1-4H3. The van der Waals surface area contributed by atoms with Crippen molar-refractivity contribution in [3.05, 3.63) is 33.8 Å². The van der Waals surface area contributed by atoms with E-state index in [1.165, 1.54) is 5.06 Å². The van der Waals surface area contributed by atoms with E-state index < -0.39 is 0 Å². The second kappa shape index (κ2) is 7.01. The highest BCUT2D eigenvalue weighted by Crippen LogP contribution is 2.45. The van der Waals surface area contributed by atoms with Crippen LogP contribution in [0.15, 0.2) is 23.2 Å². The summed E-state index contributed by atoms with van der Waals surface area (Å²) in [6.45, 7) is 8.08.